The van der Waals surface area contributed by atoms with Gasteiger partial charge in [0.1, 0.15) is 5.52 Å². The zero-order chi connectivity index (χ0) is 24.3. The summed E-state index contributed by atoms with van der Waals surface area (Å²) in [4.78, 5) is 20.0. The molecule has 3 atom stereocenters. The molecule has 35 heavy (non-hydrogen) atoms. The predicted molar refractivity (Wildman–Crippen MR) is 136 cm³/mol. The van der Waals surface area contributed by atoms with Crippen molar-refractivity contribution in [2.24, 2.45) is 18.9 Å². The van der Waals surface area contributed by atoms with Crippen LogP contribution in [0.1, 0.15) is 38.9 Å². The highest BCUT2D eigenvalue weighted by molar-refractivity contribution is 6.02. The molecule has 0 N–H and O–H groups in total. The van der Waals surface area contributed by atoms with Crippen LogP contribution < -0.4 is 5.69 Å². The Morgan fingerprint density at radius 2 is 1.83 bits per heavy atom. The van der Waals surface area contributed by atoms with Gasteiger partial charge in [0.05, 0.1) is 24.4 Å². The predicted octanol–water partition coefficient (Wildman–Crippen LogP) is 3.78. The van der Waals surface area contributed by atoms with Gasteiger partial charge in [-0.15, -0.1) is 10.2 Å². The standard InChI is InChI=1S/C27H32N6O2/c1-16(2)33-25-23-10-18(6-8-24(23)29-30-26(25)31(4)27(33)34)19-5-7-22(28-11-19)15-35-14-17(3)32-12-20-9-21(20)13-32/h5-8,10-11,16-17,20-21H,9,12-15H2,1-4H3. The van der Waals surface area contributed by atoms with E-state index in [1.807, 2.05) is 38.2 Å². The number of hydrogen-bond donors (Lipinski definition) is 0. The SMILES string of the molecule is CC(COCc1ccc(-c2ccc3nnc4c(c3c2)n(C(C)C)c(=O)n4C)cn1)N1CC2CC2C1. The lowest BCUT2D eigenvalue weighted by molar-refractivity contribution is 0.0603. The molecule has 1 aromatic carbocycles. The van der Waals surface area contributed by atoms with Crippen molar-refractivity contribution >= 4 is 22.1 Å². The minimum absolute atomic E-state index is 0.0158. The minimum Gasteiger partial charge on any atom is -0.374 e. The molecule has 1 aliphatic carbocycles. The smallest absolute Gasteiger partial charge is 0.330 e. The lowest BCUT2D eigenvalue weighted by atomic mass is 10.0. The van der Waals surface area contributed by atoms with E-state index in [4.69, 9.17) is 4.74 Å². The van der Waals surface area contributed by atoms with Crippen LogP contribution in [0.15, 0.2) is 41.3 Å². The van der Waals surface area contributed by atoms with Crippen LogP contribution in [-0.4, -0.2) is 55.0 Å². The number of aryl methyl sites for hydroxylation is 1. The average molecular weight is 473 g/mol. The number of aromatic nitrogens is 5. The summed E-state index contributed by atoms with van der Waals surface area (Å²) < 4.78 is 9.35. The number of nitrogens with zero attached hydrogens (tertiary/aromatic N) is 6. The van der Waals surface area contributed by atoms with Gasteiger partial charge in [-0.1, -0.05) is 12.1 Å². The van der Waals surface area contributed by atoms with Gasteiger partial charge in [-0.05, 0) is 62.8 Å². The first-order valence-corrected chi connectivity index (χ1v) is 12.5. The van der Waals surface area contributed by atoms with Crippen LogP contribution in [0.25, 0.3) is 33.2 Å². The molecule has 0 radical (unpaired) electrons. The van der Waals surface area contributed by atoms with E-state index in [0.29, 0.717) is 18.3 Å². The number of hydrogen-bond acceptors (Lipinski definition) is 6. The molecule has 8 heteroatoms. The third kappa shape index (κ3) is 3.94. The van der Waals surface area contributed by atoms with E-state index in [-0.39, 0.29) is 11.7 Å². The topological polar surface area (TPSA) is 78.1 Å². The number of fused-ring (bicyclic) bond motifs is 4. The van der Waals surface area contributed by atoms with Crippen LogP contribution in [0.5, 0.6) is 0 Å². The minimum atomic E-state index is -0.0796. The van der Waals surface area contributed by atoms with Crippen molar-refractivity contribution in [2.45, 2.75) is 45.9 Å². The highest BCUT2D eigenvalue weighted by atomic mass is 16.5. The van der Waals surface area contributed by atoms with Crippen LogP contribution in [0.3, 0.4) is 0 Å². The molecular weight excluding hydrogens is 440 g/mol. The second-order valence-corrected chi connectivity index (χ2v) is 10.5. The van der Waals surface area contributed by atoms with Gasteiger partial charge in [-0.25, -0.2) is 4.79 Å². The molecule has 4 heterocycles. The normalized spacial score (nSPS) is 20.7. The molecule has 2 fully saturated rings. The van der Waals surface area contributed by atoms with Crippen LogP contribution in [0.4, 0.5) is 0 Å². The van der Waals surface area contributed by atoms with Gasteiger partial charge in [0.15, 0.2) is 5.65 Å². The maximum absolute atomic E-state index is 12.8. The van der Waals surface area contributed by atoms with E-state index < -0.39 is 0 Å². The Morgan fingerprint density at radius 3 is 2.54 bits per heavy atom. The third-order valence-corrected chi connectivity index (χ3v) is 7.68. The van der Waals surface area contributed by atoms with Crippen molar-refractivity contribution in [2.75, 3.05) is 19.7 Å². The summed E-state index contributed by atoms with van der Waals surface area (Å²) in [5.41, 5.74) is 5.07. The zero-order valence-corrected chi connectivity index (χ0v) is 20.8. The molecule has 1 saturated heterocycles. The Morgan fingerprint density at radius 1 is 1.06 bits per heavy atom. The van der Waals surface area contributed by atoms with E-state index in [1.165, 1.54) is 19.5 Å². The molecule has 1 saturated carbocycles. The van der Waals surface area contributed by atoms with E-state index in [9.17, 15) is 4.79 Å². The summed E-state index contributed by atoms with van der Waals surface area (Å²) in [6.45, 7) is 10.0. The number of rotatable bonds is 7. The summed E-state index contributed by atoms with van der Waals surface area (Å²) in [5.74, 6) is 1.90. The number of piperidine rings is 1. The summed E-state index contributed by atoms with van der Waals surface area (Å²) >= 11 is 0. The fourth-order valence-electron chi connectivity index (χ4n) is 5.47. The molecule has 3 unspecified atom stereocenters. The molecule has 1 aliphatic heterocycles. The van der Waals surface area contributed by atoms with E-state index >= 15 is 0 Å². The first kappa shape index (κ1) is 22.4. The van der Waals surface area contributed by atoms with Gasteiger partial charge in [0.25, 0.3) is 0 Å². The van der Waals surface area contributed by atoms with Crippen LogP contribution in [0.2, 0.25) is 0 Å². The number of pyridine rings is 1. The van der Waals surface area contributed by atoms with Gasteiger partial charge in [0, 0.05) is 49.4 Å². The summed E-state index contributed by atoms with van der Waals surface area (Å²) in [6, 6.07) is 10.7. The van der Waals surface area contributed by atoms with E-state index in [0.717, 1.165) is 51.7 Å². The molecule has 182 valence electrons. The van der Waals surface area contributed by atoms with Crippen molar-refractivity contribution in [1.29, 1.82) is 0 Å². The fourth-order valence-corrected chi connectivity index (χ4v) is 5.47. The van der Waals surface area contributed by atoms with Gasteiger partial charge >= 0.3 is 5.69 Å². The molecule has 8 nitrogen and oxygen atoms in total. The Hall–Kier alpha value is -3.10. The van der Waals surface area contributed by atoms with Gasteiger partial charge in [0.2, 0.25) is 0 Å². The molecule has 6 rings (SSSR count). The highest BCUT2D eigenvalue weighted by Gasteiger charge is 2.45. The van der Waals surface area contributed by atoms with E-state index in [2.05, 4.69) is 39.1 Å². The van der Waals surface area contributed by atoms with Gasteiger partial charge in [-0.2, -0.15) is 0 Å². The maximum atomic E-state index is 12.8. The molecule has 4 aromatic rings. The van der Waals surface area contributed by atoms with Crippen LogP contribution >= 0.6 is 0 Å². The van der Waals surface area contributed by atoms with Crippen LogP contribution in [-0.2, 0) is 18.4 Å². The monoisotopic (exact) mass is 472 g/mol. The van der Waals surface area contributed by atoms with Crippen molar-refractivity contribution in [3.8, 4) is 11.1 Å². The second-order valence-electron chi connectivity index (χ2n) is 10.5. The summed E-state index contributed by atoms with van der Waals surface area (Å²) in [6.07, 6.45) is 3.32. The summed E-state index contributed by atoms with van der Waals surface area (Å²) in [7, 11) is 1.74. The number of likely N-dealkylation sites (tertiary alicyclic amines) is 1. The molecule has 0 bridgehead atoms. The van der Waals surface area contributed by atoms with Crippen molar-refractivity contribution in [3.63, 3.8) is 0 Å². The third-order valence-electron chi connectivity index (χ3n) is 7.68. The van der Waals surface area contributed by atoms with Gasteiger partial charge in [-0.3, -0.25) is 19.0 Å². The average Bonchev–Trinajstić information content (AvgIpc) is 3.37. The molecule has 2 aliphatic rings. The first-order valence-electron chi connectivity index (χ1n) is 12.5. The molecule has 3 aromatic heterocycles. The molecule has 0 amide bonds. The second kappa shape index (κ2) is 8.53. The largest absolute Gasteiger partial charge is 0.374 e. The quantitative estimate of drug-likeness (QED) is 0.407. The Bertz CT molecular complexity index is 1440. The Kier molecular flexibility index (Phi) is 5.45. The number of imidazole rings is 1. The Labute approximate surface area is 204 Å². The fraction of sp³-hybridized carbons (Fsp3) is 0.481. The van der Waals surface area contributed by atoms with E-state index in [1.54, 1.807) is 16.2 Å². The number of benzene rings is 1. The first-order chi connectivity index (χ1) is 16.9. The van der Waals surface area contributed by atoms with Crippen molar-refractivity contribution in [1.82, 2.24) is 29.2 Å². The zero-order valence-electron chi connectivity index (χ0n) is 20.8. The van der Waals surface area contributed by atoms with Crippen LogP contribution in [0, 0.1) is 11.8 Å². The van der Waals surface area contributed by atoms with Gasteiger partial charge < -0.3 is 4.74 Å². The lowest BCUT2D eigenvalue weighted by Gasteiger charge is -2.25. The molecule has 0 spiro atoms. The highest BCUT2D eigenvalue weighted by Crippen LogP contribution is 2.45. The Balaban J connectivity index is 1.21. The van der Waals surface area contributed by atoms with Crippen molar-refractivity contribution in [3.05, 3.63) is 52.7 Å². The number of ether oxygens (including phenoxy) is 1. The molecular formula is C27H32N6O2. The summed E-state index contributed by atoms with van der Waals surface area (Å²) in [5, 5.41) is 9.59. The maximum Gasteiger partial charge on any atom is 0.330 e. The van der Waals surface area contributed by atoms with Crippen molar-refractivity contribution < 1.29 is 4.74 Å². The lowest BCUT2D eigenvalue weighted by Crippen LogP contribution is -2.35.